The molecule has 1 fully saturated rings. The molecule has 0 atom stereocenters. The molecule has 0 aliphatic heterocycles. The van der Waals surface area contributed by atoms with Gasteiger partial charge in [-0.1, -0.05) is 107 Å². The maximum Gasteiger partial charge on any atom is 0.220 e. The third-order valence-electron chi connectivity index (χ3n) is 9.31. The fraction of sp³-hybridized carbons (Fsp3) is 0.650. The Balaban J connectivity index is 1.51. The van der Waals surface area contributed by atoms with Gasteiger partial charge in [0.1, 0.15) is 11.5 Å². The van der Waals surface area contributed by atoms with Crippen LogP contribution in [0.25, 0.3) is 0 Å². The molecule has 4 N–H and O–H groups in total. The molecule has 0 bridgehead atoms. The standard InChI is InChI=1S/C40H62N2O4/c1-37(2,3)29-21-25(22-30(35(29)45)38(4,5)6)13-19-33(43)41-27-15-17-28(18-16-27)42-34(44)20-14-26-23-31(39(7,8)9)36(46)32(24-26)40(10,11)12/h21-24,27-28,45-46H,13-20H2,1-12H3,(H,41,43)(H,42,44). The molecule has 0 aromatic heterocycles. The number of nitrogens with one attached hydrogen (secondary N) is 2. The maximum absolute atomic E-state index is 12.9. The second-order valence-electron chi connectivity index (χ2n) is 17.8. The molecule has 6 nitrogen and oxygen atoms in total. The van der Waals surface area contributed by atoms with E-state index in [0.29, 0.717) is 37.2 Å². The number of phenols is 2. The van der Waals surface area contributed by atoms with E-state index in [1.807, 2.05) is 0 Å². The predicted molar refractivity (Wildman–Crippen MR) is 190 cm³/mol. The van der Waals surface area contributed by atoms with E-state index in [0.717, 1.165) is 59.1 Å². The SMILES string of the molecule is CC(C)(C)c1cc(CCC(=O)NC2CCC(NC(=O)CCc3cc(C(C)(C)C)c(O)c(C(C)(C)C)c3)CC2)cc(C(C)(C)C)c1O. The molecule has 1 saturated carbocycles. The molecule has 46 heavy (non-hydrogen) atoms. The van der Waals surface area contributed by atoms with Crippen molar-refractivity contribution < 1.29 is 19.8 Å². The molecule has 6 heteroatoms. The smallest absolute Gasteiger partial charge is 0.220 e. The molecule has 0 unspecified atom stereocenters. The largest absolute Gasteiger partial charge is 0.507 e. The molecule has 1 aliphatic carbocycles. The van der Waals surface area contributed by atoms with Crippen LogP contribution in [0.2, 0.25) is 0 Å². The minimum absolute atomic E-state index is 0.0494. The first kappa shape index (κ1) is 37.4. The summed E-state index contributed by atoms with van der Waals surface area (Å²) in [5.41, 5.74) is 5.02. The number of carbonyl (C=O) groups is 2. The Bertz CT molecular complexity index is 1210. The first-order valence-corrected chi connectivity index (χ1v) is 17.3. The normalized spacial score (nSPS) is 17.9. The van der Waals surface area contributed by atoms with Crippen LogP contribution in [-0.4, -0.2) is 34.1 Å². The molecule has 0 saturated heterocycles. The summed E-state index contributed by atoms with van der Waals surface area (Å²) < 4.78 is 0. The second kappa shape index (κ2) is 14.0. The zero-order valence-corrected chi connectivity index (χ0v) is 30.8. The summed E-state index contributed by atoms with van der Waals surface area (Å²) in [6.07, 6.45) is 5.44. The van der Waals surface area contributed by atoms with Gasteiger partial charge < -0.3 is 20.8 Å². The highest BCUT2D eigenvalue weighted by Crippen LogP contribution is 2.41. The lowest BCUT2D eigenvalue weighted by Crippen LogP contribution is -2.43. The van der Waals surface area contributed by atoms with Gasteiger partial charge in [-0.3, -0.25) is 9.59 Å². The third-order valence-corrected chi connectivity index (χ3v) is 9.31. The summed E-state index contributed by atoms with van der Waals surface area (Å²) in [5.74, 6) is 0.824. The third kappa shape index (κ3) is 9.99. The van der Waals surface area contributed by atoms with Crippen LogP contribution in [0, 0.1) is 0 Å². The summed E-state index contributed by atoms with van der Waals surface area (Å²) in [6, 6.07) is 8.47. The predicted octanol–water partition coefficient (Wildman–Crippen LogP) is 8.40. The first-order chi connectivity index (χ1) is 21.0. The van der Waals surface area contributed by atoms with Crippen molar-refractivity contribution in [2.45, 2.75) is 168 Å². The van der Waals surface area contributed by atoms with E-state index in [2.05, 4.69) is 118 Å². The number of carbonyl (C=O) groups excluding carboxylic acids is 2. The van der Waals surface area contributed by atoms with E-state index in [4.69, 9.17) is 0 Å². The van der Waals surface area contributed by atoms with E-state index < -0.39 is 0 Å². The number of aryl methyl sites for hydroxylation is 2. The van der Waals surface area contributed by atoms with Crippen molar-refractivity contribution in [2.75, 3.05) is 0 Å². The zero-order valence-electron chi connectivity index (χ0n) is 30.8. The number of hydrogen-bond acceptors (Lipinski definition) is 4. The van der Waals surface area contributed by atoms with E-state index in [1.54, 1.807) is 0 Å². The minimum Gasteiger partial charge on any atom is -0.507 e. The summed E-state index contributed by atoms with van der Waals surface area (Å²) in [4.78, 5) is 25.9. The van der Waals surface area contributed by atoms with Crippen LogP contribution in [0.5, 0.6) is 11.5 Å². The average Bonchev–Trinajstić information content (AvgIpc) is 2.90. The molecule has 0 radical (unpaired) electrons. The van der Waals surface area contributed by atoms with Gasteiger partial charge in [-0.2, -0.15) is 0 Å². The Kier molecular flexibility index (Phi) is 11.4. The highest BCUT2D eigenvalue weighted by molar-refractivity contribution is 5.77. The first-order valence-electron chi connectivity index (χ1n) is 17.3. The van der Waals surface area contributed by atoms with Gasteiger partial charge in [0.05, 0.1) is 0 Å². The van der Waals surface area contributed by atoms with Crippen molar-refractivity contribution in [2.24, 2.45) is 0 Å². The van der Waals surface area contributed by atoms with Crippen molar-refractivity contribution in [1.82, 2.24) is 10.6 Å². The van der Waals surface area contributed by atoms with Crippen LogP contribution >= 0.6 is 0 Å². The lowest BCUT2D eigenvalue weighted by Gasteiger charge is -2.30. The number of amides is 2. The van der Waals surface area contributed by atoms with Gasteiger partial charge in [-0.05, 0) is 93.6 Å². The van der Waals surface area contributed by atoms with Gasteiger partial charge in [0.25, 0.3) is 0 Å². The van der Waals surface area contributed by atoms with Crippen LogP contribution in [0.3, 0.4) is 0 Å². The lowest BCUT2D eigenvalue weighted by atomic mass is 9.78. The average molecular weight is 635 g/mol. The van der Waals surface area contributed by atoms with Crippen molar-refractivity contribution in [1.29, 1.82) is 0 Å². The molecular weight excluding hydrogens is 572 g/mol. The van der Waals surface area contributed by atoms with E-state index in [-0.39, 0.29) is 45.6 Å². The summed E-state index contributed by atoms with van der Waals surface area (Å²) in [5, 5.41) is 28.5. The molecule has 3 rings (SSSR count). The number of rotatable bonds is 8. The number of hydrogen-bond donors (Lipinski definition) is 4. The maximum atomic E-state index is 12.9. The molecular formula is C40H62N2O4. The highest BCUT2D eigenvalue weighted by atomic mass is 16.3. The van der Waals surface area contributed by atoms with E-state index >= 15 is 0 Å². The van der Waals surface area contributed by atoms with Gasteiger partial charge in [0.15, 0.2) is 0 Å². The van der Waals surface area contributed by atoms with Crippen LogP contribution in [0.1, 0.15) is 155 Å². The molecule has 2 amide bonds. The van der Waals surface area contributed by atoms with E-state index in [9.17, 15) is 19.8 Å². The summed E-state index contributed by atoms with van der Waals surface area (Å²) in [6.45, 7) is 25.2. The van der Waals surface area contributed by atoms with Crippen LogP contribution < -0.4 is 10.6 Å². The van der Waals surface area contributed by atoms with Gasteiger partial charge in [-0.25, -0.2) is 0 Å². The summed E-state index contributed by atoms with van der Waals surface area (Å²) in [7, 11) is 0. The van der Waals surface area contributed by atoms with Crippen LogP contribution in [0.15, 0.2) is 24.3 Å². The fourth-order valence-corrected chi connectivity index (χ4v) is 6.46. The molecule has 2 aromatic rings. The van der Waals surface area contributed by atoms with Crippen molar-refractivity contribution in [3.05, 3.63) is 57.6 Å². The molecule has 0 heterocycles. The van der Waals surface area contributed by atoms with Crippen LogP contribution in [0.4, 0.5) is 0 Å². The highest BCUT2D eigenvalue weighted by Gasteiger charge is 2.29. The second-order valence-corrected chi connectivity index (χ2v) is 17.8. The van der Waals surface area contributed by atoms with Gasteiger partial charge in [-0.15, -0.1) is 0 Å². The van der Waals surface area contributed by atoms with Crippen molar-refractivity contribution in [3.63, 3.8) is 0 Å². The quantitative estimate of drug-likeness (QED) is 0.234. The topological polar surface area (TPSA) is 98.7 Å². The summed E-state index contributed by atoms with van der Waals surface area (Å²) >= 11 is 0. The molecule has 256 valence electrons. The molecule has 0 spiro atoms. The lowest BCUT2D eigenvalue weighted by molar-refractivity contribution is -0.123. The van der Waals surface area contributed by atoms with Crippen molar-refractivity contribution in [3.8, 4) is 11.5 Å². The molecule has 1 aliphatic rings. The number of benzene rings is 2. The van der Waals surface area contributed by atoms with Gasteiger partial charge >= 0.3 is 0 Å². The van der Waals surface area contributed by atoms with E-state index in [1.165, 1.54) is 0 Å². The molecule has 2 aromatic carbocycles. The number of phenolic OH excluding ortho intramolecular Hbond substituents is 2. The monoisotopic (exact) mass is 634 g/mol. The Morgan fingerprint density at radius 2 is 0.783 bits per heavy atom. The van der Waals surface area contributed by atoms with Gasteiger partial charge in [0.2, 0.25) is 11.8 Å². The number of aromatic hydroxyl groups is 2. The Labute approximate surface area is 279 Å². The minimum atomic E-state index is -0.201. The zero-order chi connectivity index (χ0) is 34.8. The fourth-order valence-electron chi connectivity index (χ4n) is 6.46. The Morgan fingerprint density at radius 1 is 0.543 bits per heavy atom. The van der Waals surface area contributed by atoms with Gasteiger partial charge in [0, 0.05) is 24.9 Å². The Hall–Kier alpha value is -3.02. The van der Waals surface area contributed by atoms with Crippen molar-refractivity contribution >= 4 is 11.8 Å². The van der Waals surface area contributed by atoms with Crippen LogP contribution in [-0.2, 0) is 44.1 Å². The Morgan fingerprint density at radius 3 is 1.00 bits per heavy atom.